The third-order valence-corrected chi connectivity index (χ3v) is 1.98. The number of hydrogen-bond acceptors (Lipinski definition) is 2. The first-order chi connectivity index (χ1) is 7.52. The minimum absolute atomic E-state index is 0.179. The molecule has 0 aliphatic heterocycles. The van der Waals surface area contributed by atoms with Crippen LogP contribution >= 0.6 is 0 Å². The molecule has 0 unspecified atom stereocenters. The molecule has 1 aromatic carbocycles. The second-order valence-corrected chi connectivity index (χ2v) is 3.55. The first kappa shape index (κ1) is 12.0. The summed E-state index contributed by atoms with van der Waals surface area (Å²) < 4.78 is 0. The van der Waals surface area contributed by atoms with Crippen LogP contribution < -0.4 is 0 Å². The quantitative estimate of drug-likeness (QED) is 0.361. The Morgan fingerprint density at radius 3 is 2.25 bits per heavy atom. The van der Waals surface area contributed by atoms with Gasteiger partial charge in [-0.3, -0.25) is 4.79 Å². The monoisotopic (exact) mass is 214 g/mol. The molecule has 0 bridgehead atoms. The van der Waals surface area contributed by atoms with Gasteiger partial charge in [0.25, 0.3) is 0 Å². The molecule has 1 rings (SSSR count). The Kier molecular flexibility index (Phi) is 3.84. The van der Waals surface area contributed by atoms with Crippen molar-refractivity contribution in [3.8, 4) is 0 Å². The first-order valence-corrected chi connectivity index (χ1v) is 4.87. The zero-order chi connectivity index (χ0) is 12.1. The molecule has 0 amide bonds. The van der Waals surface area contributed by atoms with E-state index in [2.05, 4.69) is 13.2 Å². The second-order valence-electron chi connectivity index (χ2n) is 3.55. The number of rotatable bonds is 4. The molecule has 0 spiro atoms. The zero-order valence-corrected chi connectivity index (χ0v) is 9.23. The summed E-state index contributed by atoms with van der Waals surface area (Å²) in [4.78, 5) is 12.0. The van der Waals surface area contributed by atoms with Gasteiger partial charge in [0.1, 0.15) is 5.76 Å². The van der Waals surface area contributed by atoms with Gasteiger partial charge in [0.2, 0.25) is 0 Å². The molecule has 2 nitrogen and oxygen atoms in total. The Bertz CT molecular complexity index is 453. The highest BCUT2D eigenvalue weighted by Gasteiger charge is 2.14. The molecule has 0 aliphatic carbocycles. The molecule has 0 atom stereocenters. The van der Waals surface area contributed by atoms with E-state index in [1.807, 2.05) is 6.07 Å². The van der Waals surface area contributed by atoms with Crippen molar-refractivity contribution in [3.63, 3.8) is 0 Å². The van der Waals surface area contributed by atoms with Gasteiger partial charge < -0.3 is 5.11 Å². The molecule has 0 heterocycles. The van der Waals surface area contributed by atoms with E-state index in [1.54, 1.807) is 31.2 Å². The summed E-state index contributed by atoms with van der Waals surface area (Å²) in [5, 5.41) is 9.37. The van der Waals surface area contributed by atoms with Gasteiger partial charge in [-0.1, -0.05) is 49.1 Å². The maximum Gasteiger partial charge on any atom is 0.196 e. The molecule has 0 saturated heterocycles. The standard InChI is InChI=1S/C14H14O2/c1-10(2)9-13(11(3)15)14(16)12-7-5-4-6-8-12/h4-9,15H,1,3H2,2H3/b13-9+. The van der Waals surface area contributed by atoms with Gasteiger partial charge >= 0.3 is 0 Å². The van der Waals surface area contributed by atoms with Crippen LogP contribution in [0.3, 0.4) is 0 Å². The predicted molar refractivity (Wildman–Crippen MR) is 65.4 cm³/mol. The minimum Gasteiger partial charge on any atom is -0.508 e. The molecule has 2 heteroatoms. The number of benzene rings is 1. The summed E-state index contributed by atoms with van der Waals surface area (Å²) in [7, 11) is 0. The zero-order valence-electron chi connectivity index (χ0n) is 9.23. The van der Waals surface area contributed by atoms with E-state index < -0.39 is 0 Å². The second kappa shape index (κ2) is 5.12. The average molecular weight is 214 g/mol. The SMILES string of the molecule is C=C(C)/C=C(\C(=C)O)C(=O)c1ccccc1. The van der Waals surface area contributed by atoms with Crippen LogP contribution in [0.2, 0.25) is 0 Å². The molecule has 16 heavy (non-hydrogen) atoms. The van der Waals surface area contributed by atoms with Crippen LogP contribution in [0.15, 0.2) is 66.5 Å². The number of aliphatic hydroxyl groups excluding tert-OH is 1. The van der Waals surface area contributed by atoms with Crippen LogP contribution in [-0.4, -0.2) is 10.9 Å². The van der Waals surface area contributed by atoms with Crippen LogP contribution in [0.1, 0.15) is 17.3 Å². The van der Waals surface area contributed by atoms with E-state index in [9.17, 15) is 9.90 Å². The number of carbonyl (C=O) groups is 1. The van der Waals surface area contributed by atoms with Gasteiger partial charge in [-0.25, -0.2) is 0 Å². The Labute approximate surface area is 95.2 Å². The van der Waals surface area contributed by atoms with Crippen LogP contribution in [0, 0.1) is 0 Å². The topological polar surface area (TPSA) is 37.3 Å². The van der Waals surface area contributed by atoms with Gasteiger partial charge in [-0.05, 0) is 13.0 Å². The Morgan fingerprint density at radius 2 is 1.81 bits per heavy atom. The van der Waals surface area contributed by atoms with Crippen molar-refractivity contribution >= 4 is 5.78 Å². The van der Waals surface area contributed by atoms with Crippen LogP contribution in [0.4, 0.5) is 0 Å². The van der Waals surface area contributed by atoms with E-state index in [1.165, 1.54) is 6.08 Å². The van der Waals surface area contributed by atoms with Crippen LogP contribution in [0.5, 0.6) is 0 Å². The predicted octanol–water partition coefficient (Wildman–Crippen LogP) is 3.44. The number of carbonyl (C=O) groups excluding carboxylic acids is 1. The summed E-state index contributed by atoms with van der Waals surface area (Å²) in [6.07, 6.45) is 1.53. The lowest BCUT2D eigenvalue weighted by Gasteiger charge is -2.05. The number of aliphatic hydroxyl groups is 1. The lowest BCUT2D eigenvalue weighted by molar-refractivity contribution is 0.103. The fourth-order valence-electron chi connectivity index (χ4n) is 1.27. The van der Waals surface area contributed by atoms with Gasteiger partial charge in [-0.15, -0.1) is 0 Å². The third-order valence-electron chi connectivity index (χ3n) is 1.98. The minimum atomic E-state index is -0.254. The molecule has 0 fully saturated rings. The highest BCUT2D eigenvalue weighted by molar-refractivity contribution is 6.11. The summed E-state index contributed by atoms with van der Waals surface area (Å²) in [5.41, 5.74) is 1.39. The van der Waals surface area contributed by atoms with Crippen molar-refractivity contribution < 1.29 is 9.90 Å². The van der Waals surface area contributed by atoms with Crippen LogP contribution in [-0.2, 0) is 0 Å². The van der Waals surface area contributed by atoms with Crippen molar-refractivity contribution in [3.05, 3.63) is 72.0 Å². The molecule has 1 aromatic rings. The van der Waals surface area contributed by atoms with E-state index in [0.29, 0.717) is 11.1 Å². The smallest absolute Gasteiger partial charge is 0.196 e. The number of hydrogen-bond donors (Lipinski definition) is 1. The molecular formula is C14H14O2. The van der Waals surface area contributed by atoms with Gasteiger partial charge in [-0.2, -0.15) is 0 Å². The summed E-state index contributed by atoms with van der Waals surface area (Å²) >= 11 is 0. The van der Waals surface area contributed by atoms with E-state index >= 15 is 0 Å². The summed E-state index contributed by atoms with van der Waals surface area (Å²) in [6, 6.07) is 8.75. The lowest BCUT2D eigenvalue weighted by Crippen LogP contribution is -2.05. The number of Topliss-reactive ketones (excluding diaryl/α,β-unsaturated/α-hetero) is 1. The molecular weight excluding hydrogens is 200 g/mol. The average Bonchev–Trinajstić information content (AvgIpc) is 2.25. The molecule has 0 saturated carbocycles. The fourth-order valence-corrected chi connectivity index (χ4v) is 1.27. The van der Waals surface area contributed by atoms with Crippen molar-refractivity contribution in [2.45, 2.75) is 6.92 Å². The maximum atomic E-state index is 12.0. The largest absolute Gasteiger partial charge is 0.508 e. The van der Waals surface area contributed by atoms with Gasteiger partial charge in [0, 0.05) is 5.56 Å². The van der Waals surface area contributed by atoms with E-state index in [4.69, 9.17) is 0 Å². The lowest BCUT2D eigenvalue weighted by atomic mass is 10.0. The first-order valence-electron chi connectivity index (χ1n) is 4.87. The molecule has 0 radical (unpaired) electrons. The van der Waals surface area contributed by atoms with E-state index in [-0.39, 0.29) is 17.1 Å². The summed E-state index contributed by atoms with van der Waals surface area (Å²) in [6.45, 7) is 8.80. The van der Waals surface area contributed by atoms with Crippen molar-refractivity contribution in [2.75, 3.05) is 0 Å². The van der Waals surface area contributed by atoms with Crippen LogP contribution in [0.25, 0.3) is 0 Å². The normalized spacial score (nSPS) is 10.9. The Morgan fingerprint density at radius 1 is 1.25 bits per heavy atom. The Hall–Kier alpha value is -2.09. The van der Waals surface area contributed by atoms with Crippen molar-refractivity contribution in [1.82, 2.24) is 0 Å². The maximum absolute atomic E-state index is 12.0. The molecule has 0 aromatic heterocycles. The van der Waals surface area contributed by atoms with Gasteiger partial charge in [0.05, 0.1) is 5.57 Å². The van der Waals surface area contributed by atoms with Crippen molar-refractivity contribution in [1.29, 1.82) is 0 Å². The molecule has 0 aliphatic rings. The van der Waals surface area contributed by atoms with Gasteiger partial charge in [0.15, 0.2) is 5.78 Å². The van der Waals surface area contributed by atoms with Crippen molar-refractivity contribution in [2.24, 2.45) is 0 Å². The molecule has 82 valence electrons. The number of allylic oxidation sites excluding steroid dienone is 3. The van der Waals surface area contributed by atoms with E-state index in [0.717, 1.165) is 0 Å². The summed E-state index contributed by atoms with van der Waals surface area (Å²) in [5.74, 6) is -0.493. The fraction of sp³-hybridized carbons (Fsp3) is 0.0714. The third kappa shape index (κ3) is 2.95. The number of ketones is 1. The highest BCUT2D eigenvalue weighted by atomic mass is 16.3. The molecule has 1 N–H and O–H groups in total. The highest BCUT2D eigenvalue weighted by Crippen LogP contribution is 2.15. The Balaban J connectivity index is 3.12.